The number of alkyl halides is 1. The summed E-state index contributed by atoms with van der Waals surface area (Å²) < 4.78 is 47.0. The van der Waals surface area contributed by atoms with Crippen LogP contribution in [0.25, 0.3) is 0 Å². The number of halogens is 1. The topological polar surface area (TPSA) is 80.3 Å². The summed E-state index contributed by atoms with van der Waals surface area (Å²) in [6.07, 6.45) is 2.09. The van der Waals surface area contributed by atoms with Gasteiger partial charge in [-0.25, -0.2) is 16.8 Å². The smallest absolute Gasteiger partial charge is 0.177 e. The summed E-state index contributed by atoms with van der Waals surface area (Å²) in [5.74, 6) is 0.513. The molecule has 0 spiro atoms. The van der Waals surface area contributed by atoms with Crippen LogP contribution in [0.5, 0.6) is 0 Å². The van der Waals surface area contributed by atoms with E-state index in [9.17, 15) is 16.8 Å². The third kappa shape index (κ3) is 4.86. The maximum atomic E-state index is 11.9. The van der Waals surface area contributed by atoms with Gasteiger partial charge in [-0.2, -0.15) is 0 Å². The molecule has 0 aliphatic heterocycles. The highest BCUT2D eigenvalue weighted by Gasteiger charge is 2.20. The molecule has 0 heterocycles. The van der Waals surface area contributed by atoms with Crippen molar-refractivity contribution in [3.8, 4) is 0 Å². The van der Waals surface area contributed by atoms with Crippen LogP contribution in [-0.2, 0) is 19.7 Å². The first-order valence-corrected chi connectivity index (χ1v) is 10.6. The maximum Gasteiger partial charge on any atom is 0.177 e. The summed E-state index contributed by atoms with van der Waals surface area (Å²) in [7, 11) is -7.04. The molecule has 1 N–H and O–H groups in total. The van der Waals surface area contributed by atoms with E-state index in [0.29, 0.717) is 11.6 Å². The van der Waals surface area contributed by atoms with E-state index >= 15 is 0 Å². The Bertz CT molecular complexity index is 712. The minimum Gasteiger partial charge on any atom is -0.380 e. The first kappa shape index (κ1) is 18.3. The van der Waals surface area contributed by atoms with E-state index in [4.69, 9.17) is 11.6 Å². The third-order valence-corrected chi connectivity index (χ3v) is 5.67. The zero-order valence-electron chi connectivity index (χ0n) is 12.4. The molecule has 1 aromatic carbocycles. The lowest BCUT2D eigenvalue weighted by atomic mass is 10.1. The molecule has 21 heavy (non-hydrogen) atoms. The SMILES string of the molecule is CC(C)C(CCl)Nc1ccc(S(C)(=O)=O)cc1S(C)(=O)=O. The number of rotatable bonds is 6. The number of benzene rings is 1. The summed E-state index contributed by atoms with van der Waals surface area (Å²) in [6, 6.07) is 3.92. The minimum absolute atomic E-state index is 0.0274. The van der Waals surface area contributed by atoms with Gasteiger partial charge in [-0.15, -0.1) is 11.6 Å². The van der Waals surface area contributed by atoms with Crippen LogP contribution >= 0.6 is 11.6 Å². The van der Waals surface area contributed by atoms with Crippen LogP contribution in [0.15, 0.2) is 28.0 Å². The molecule has 1 aromatic rings. The Kier molecular flexibility index (Phi) is 5.69. The Morgan fingerprint density at radius 1 is 1.10 bits per heavy atom. The summed E-state index contributed by atoms with van der Waals surface area (Å²) >= 11 is 5.88. The van der Waals surface area contributed by atoms with Crippen molar-refractivity contribution in [1.82, 2.24) is 0 Å². The largest absolute Gasteiger partial charge is 0.380 e. The lowest BCUT2D eigenvalue weighted by molar-refractivity contribution is 0.562. The molecule has 120 valence electrons. The predicted octanol–water partition coefficient (Wildman–Crippen LogP) is 2.17. The van der Waals surface area contributed by atoms with E-state index in [1.165, 1.54) is 18.2 Å². The summed E-state index contributed by atoms with van der Waals surface area (Å²) in [5.41, 5.74) is 0.365. The molecule has 0 fully saturated rings. The summed E-state index contributed by atoms with van der Waals surface area (Å²) in [5, 5.41) is 3.08. The normalized spacial score (nSPS) is 14.2. The van der Waals surface area contributed by atoms with Crippen LogP contribution in [0, 0.1) is 5.92 Å². The van der Waals surface area contributed by atoms with Gasteiger partial charge >= 0.3 is 0 Å². The molecule has 0 aliphatic rings. The fraction of sp³-hybridized carbons (Fsp3) is 0.538. The molecule has 8 heteroatoms. The lowest BCUT2D eigenvalue weighted by Gasteiger charge is -2.22. The number of anilines is 1. The highest BCUT2D eigenvalue weighted by Crippen LogP contribution is 2.26. The fourth-order valence-electron chi connectivity index (χ4n) is 1.74. The van der Waals surface area contributed by atoms with Gasteiger partial charge in [0.1, 0.15) is 0 Å². The second-order valence-corrected chi connectivity index (χ2v) is 9.66. The quantitative estimate of drug-likeness (QED) is 0.793. The second-order valence-electron chi connectivity index (χ2n) is 5.35. The van der Waals surface area contributed by atoms with Crippen LogP contribution in [0.1, 0.15) is 13.8 Å². The van der Waals surface area contributed by atoms with E-state index in [1.807, 2.05) is 13.8 Å². The van der Waals surface area contributed by atoms with Gasteiger partial charge in [0, 0.05) is 24.4 Å². The Labute approximate surface area is 131 Å². The zero-order chi connectivity index (χ0) is 16.4. The Morgan fingerprint density at radius 3 is 2.05 bits per heavy atom. The van der Waals surface area contributed by atoms with E-state index in [2.05, 4.69) is 5.32 Å². The van der Waals surface area contributed by atoms with Crippen LogP contribution in [-0.4, -0.2) is 41.3 Å². The van der Waals surface area contributed by atoms with Gasteiger partial charge < -0.3 is 5.32 Å². The molecule has 1 rings (SSSR count). The van der Waals surface area contributed by atoms with Crippen molar-refractivity contribution in [2.24, 2.45) is 5.92 Å². The summed E-state index contributed by atoms with van der Waals surface area (Å²) in [4.78, 5) is -0.0679. The number of nitrogens with one attached hydrogen (secondary N) is 1. The standard InChI is InChI=1S/C13H20ClNO4S2/c1-9(2)12(8-14)15-11-6-5-10(20(3,16)17)7-13(11)21(4,18)19/h5-7,9,12,15H,8H2,1-4H3. The lowest BCUT2D eigenvalue weighted by Crippen LogP contribution is -2.28. The fourth-order valence-corrected chi connectivity index (χ4v) is 3.77. The van der Waals surface area contributed by atoms with Crippen molar-refractivity contribution in [1.29, 1.82) is 0 Å². The van der Waals surface area contributed by atoms with Crippen LogP contribution < -0.4 is 5.32 Å². The predicted molar refractivity (Wildman–Crippen MR) is 85.6 cm³/mol. The van der Waals surface area contributed by atoms with E-state index in [1.54, 1.807) is 0 Å². The highest BCUT2D eigenvalue weighted by atomic mass is 35.5. The monoisotopic (exact) mass is 353 g/mol. The van der Waals surface area contributed by atoms with Gasteiger partial charge in [-0.1, -0.05) is 13.8 Å². The molecule has 0 amide bonds. The first-order chi connectivity index (χ1) is 9.46. The molecule has 5 nitrogen and oxygen atoms in total. The van der Waals surface area contributed by atoms with E-state index in [-0.39, 0.29) is 21.8 Å². The maximum absolute atomic E-state index is 11.9. The number of hydrogen-bond donors (Lipinski definition) is 1. The van der Waals surface area contributed by atoms with Crippen molar-refractivity contribution < 1.29 is 16.8 Å². The van der Waals surface area contributed by atoms with Crippen LogP contribution in [0.4, 0.5) is 5.69 Å². The molecular formula is C13H20ClNO4S2. The molecule has 0 radical (unpaired) electrons. The second kappa shape index (κ2) is 6.54. The molecule has 0 saturated carbocycles. The van der Waals surface area contributed by atoms with Crippen molar-refractivity contribution in [3.05, 3.63) is 18.2 Å². The van der Waals surface area contributed by atoms with Gasteiger partial charge in [-0.3, -0.25) is 0 Å². The summed E-state index contributed by atoms with van der Waals surface area (Å²) in [6.45, 7) is 3.93. The molecule has 0 aromatic heterocycles. The number of sulfone groups is 2. The molecule has 0 saturated heterocycles. The van der Waals surface area contributed by atoms with Crippen LogP contribution in [0.3, 0.4) is 0 Å². The number of hydrogen-bond acceptors (Lipinski definition) is 5. The van der Waals surface area contributed by atoms with Crippen molar-refractivity contribution in [2.75, 3.05) is 23.7 Å². The Morgan fingerprint density at radius 2 is 1.67 bits per heavy atom. The Balaban J connectivity index is 3.40. The molecule has 0 bridgehead atoms. The van der Waals surface area contributed by atoms with Gasteiger partial charge in [0.2, 0.25) is 0 Å². The van der Waals surface area contributed by atoms with Gasteiger partial charge in [0.25, 0.3) is 0 Å². The zero-order valence-corrected chi connectivity index (χ0v) is 14.8. The average Bonchev–Trinajstić information content (AvgIpc) is 2.33. The Hall–Kier alpha value is -0.790. The van der Waals surface area contributed by atoms with Gasteiger partial charge in [-0.05, 0) is 24.1 Å². The van der Waals surface area contributed by atoms with Crippen LogP contribution in [0.2, 0.25) is 0 Å². The molecule has 1 atom stereocenters. The van der Waals surface area contributed by atoms with Crippen molar-refractivity contribution in [2.45, 2.75) is 29.7 Å². The molecular weight excluding hydrogens is 334 g/mol. The third-order valence-electron chi connectivity index (χ3n) is 3.09. The van der Waals surface area contributed by atoms with E-state index < -0.39 is 19.7 Å². The average molecular weight is 354 g/mol. The van der Waals surface area contributed by atoms with Crippen molar-refractivity contribution >= 4 is 37.0 Å². The molecule has 0 aliphatic carbocycles. The molecule has 1 unspecified atom stereocenters. The van der Waals surface area contributed by atoms with Crippen molar-refractivity contribution in [3.63, 3.8) is 0 Å². The first-order valence-electron chi connectivity index (χ1n) is 6.33. The van der Waals surface area contributed by atoms with E-state index in [0.717, 1.165) is 12.5 Å². The highest BCUT2D eigenvalue weighted by molar-refractivity contribution is 7.91. The van der Waals surface area contributed by atoms with Gasteiger partial charge in [0.15, 0.2) is 19.7 Å². The van der Waals surface area contributed by atoms with Gasteiger partial charge in [0.05, 0.1) is 15.5 Å². The minimum atomic E-state index is -3.57.